The van der Waals surface area contributed by atoms with Crippen molar-refractivity contribution in [1.82, 2.24) is 4.90 Å². The monoisotopic (exact) mass is 459 g/mol. The number of benzene rings is 2. The second-order valence-corrected chi connectivity index (χ2v) is 10.6. The molecule has 4 rings (SSSR count). The van der Waals surface area contributed by atoms with E-state index in [9.17, 15) is 13.2 Å². The maximum Gasteiger partial charge on any atom is 0.261 e. The number of hydrogen-bond acceptors (Lipinski definition) is 5. The molecule has 2 aliphatic heterocycles. The fourth-order valence-electron chi connectivity index (χ4n) is 4.22. The maximum absolute atomic E-state index is 13.1. The molecule has 0 aromatic heterocycles. The minimum atomic E-state index is -3.80. The van der Waals surface area contributed by atoms with Gasteiger partial charge in [0.05, 0.1) is 10.5 Å². The second-order valence-electron chi connectivity index (χ2n) is 8.06. The predicted molar refractivity (Wildman–Crippen MR) is 127 cm³/mol. The van der Waals surface area contributed by atoms with Crippen molar-refractivity contribution in [3.63, 3.8) is 0 Å². The molecule has 2 aliphatic rings. The lowest BCUT2D eigenvalue weighted by Crippen LogP contribution is -2.36. The van der Waals surface area contributed by atoms with Gasteiger partial charge in [0, 0.05) is 42.4 Å². The smallest absolute Gasteiger partial charge is 0.261 e. The third kappa shape index (κ3) is 5.01. The molecule has 0 radical (unpaired) electrons. The van der Waals surface area contributed by atoms with Crippen LogP contribution in [0.2, 0.25) is 0 Å². The van der Waals surface area contributed by atoms with E-state index in [1.54, 1.807) is 24.3 Å². The number of hydrogen-bond donors (Lipinski definition) is 1. The molecular formula is C23H29N3O3S2. The van der Waals surface area contributed by atoms with Crippen molar-refractivity contribution in [2.75, 3.05) is 42.1 Å². The van der Waals surface area contributed by atoms with Crippen LogP contribution < -0.4 is 9.62 Å². The van der Waals surface area contributed by atoms with Gasteiger partial charge in [0.2, 0.25) is 0 Å². The highest BCUT2D eigenvalue weighted by Crippen LogP contribution is 2.28. The molecule has 0 bridgehead atoms. The summed E-state index contributed by atoms with van der Waals surface area (Å²) in [6.07, 6.45) is 7.41. The summed E-state index contributed by atoms with van der Waals surface area (Å²) in [6, 6.07) is 12.3. The lowest BCUT2D eigenvalue weighted by molar-refractivity contribution is 0.0720. The van der Waals surface area contributed by atoms with Gasteiger partial charge in [0.25, 0.3) is 15.9 Å². The van der Waals surface area contributed by atoms with E-state index in [1.165, 1.54) is 30.7 Å². The normalized spacial score (nSPS) is 17.1. The van der Waals surface area contributed by atoms with Gasteiger partial charge in [-0.05, 0) is 80.8 Å². The summed E-state index contributed by atoms with van der Waals surface area (Å²) >= 11 is 1.46. The Morgan fingerprint density at radius 3 is 2.19 bits per heavy atom. The first kappa shape index (κ1) is 22.0. The van der Waals surface area contributed by atoms with E-state index in [-0.39, 0.29) is 10.8 Å². The first-order chi connectivity index (χ1) is 15.0. The average molecular weight is 460 g/mol. The third-order valence-electron chi connectivity index (χ3n) is 5.95. The fourth-order valence-corrected chi connectivity index (χ4v) is 5.87. The molecule has 2 heterocycles. The van der Waals surface area contributed by atoms with Crippen LogP contribution in [-0.2, 0) is 10.0 Å². The highest BCUT2D eigenvalue weighted by Gasteiger charge is 2.24. The van der Waals surface area contributed by atoms with Gasteiger partial charge in [-0.15, -0.1) is 11.8 Å². The van der Waals surface area contributed by atoms with Crippen molar-refractivity contribution >= 4 is 39.1 Å². The van der Waals surface area contributed by atoms with E-state index in [4.69, 9.17) is 0 Å². The number of anilines is 2. The summed E-state index contributed by atoms with van der Waals surface area (Å²) in [5.41, 5.74) is 2.08. The molecular weight excluding hydrogens is 430 g/mol. The van der Waals surface area contributed by atoms with Crippen LogP contribution in [0.1, 0.15) is 42.5 Å². The van der Waals surface area contributed by atoms with E-state index in [0.717, 1.165) is 56.0 Å². The molecule has 2 saturated heterocycles. The first-order valence-electron chi connectivity index (χ1n) is 10.8. The van der Waals surface area contributed by atoms with Crippen LogP contribution in [0.25, 0.3) is 0 Å². The number of carbonyl (C=O) groups is 1. The zero-order valence-corrected chi connectivity index (χ0v) is 19.5. The van der Waals surface area contributed by atoms with Gasteiger partial charge < -0.3 is 9.80 Å². The maximum atomic E-state index is 13.1. The van der Waals surface area contributed by atoms with E-state index in [2.05, 4.69) is 9.62 Å². The van der Waals surface area contributed by atoms with Crippen LogP contribution in [0.4, 0.5) is 11.4 Å². The van der Waals surface area contributed by atoms with Gasteiger partial charge in [0.15, 0.2) is 0 Å². The van der Waals surface area contributed by atoms with E-state index < -0.39 is 10.0 Å². The van der Waals surface area contributed by atoms with Gasteiger partial charge in [0.1, 0.15) is 0 Å². The van der Waals surface area contributed by atoms with Gasteiger partial charge in [-0.1, -0.05) is 0 Å². The third-order valence-corrected chi connectivity index (χ3v) is 8.12. The Kier molecular flexibility index (Phi) is 6.77. The Balaban J connectivity index is 1.55. The Morgan fingerprint density at radius 2 is 1.55 bits per heavy atom. The molecule has 0 spiro atoms. The zero-order valence-electron chi connectivity index (χ0n) is 17.8. The van der Waals surface area contributed by atoms with Gasteiger partial charge in [-0.2, -0.15) is 0 Å². The topological polar surface area (TPSA) is 69.7 Å². The summed E-state index contributed by atoms with van der Waals surface area (Å²) in [5, 5.41) is 0. The van der Waals surface area contributed by atoms with Crippen LogP contribution in [0.5, 0.6) is 0 Å². The summed E-state index contributed by atoms with van der Waals surface area (Å²) in [4.78, 5) is 18.1. The number of amides is 1. The Morgan fingerprint density at radius 1 is 0.903 bits per heavy atom. The molecule has 1 amide bonds. The standard InChI is InChI=1S/C23H29N3O3S2/c1-30-22-12-11-20(17-21(22)23(27)26-15-3-2-4-16-26)31(28,29)24-18-7-9-19(10-8-18)25-13-5-6-14-25/h7-12,17,24H,2-6,13-16H2,1H3. The SMILES string of the molecule is CSc1ccc(S(=O)(=O)Nc2ccc(N3CCCC3)cc2)cc1C(=O)N1CCCCC1. The van der Waals surface area contributed by atoms with Crippen molar-refractivity contribution in [1.29, 1.82) is 0 Å². The zero-order chi connectivity index (χ0) is 21.8. The molecule has 2 aromatic carbocycles. The fraction of sp³-hybridized carbons (Fsp3) is 0.435. The molecule has 0 atom stereocenters. The summed E-state index contributed by atoms with van der Waals surface area (Å²) in [7, 11) is -3.80. The van der Waals surface area contributed by atoms with Crippen molar-refractivity contribution in [2.45, 2.75) is 41.9 Å². The minimum Gasteiger partial charge on any atom is -0.372 e. The number of carbonyl (C=O) groups excluding carboxylic acids is 1. The summed E-state index contributed by atoms with van der Waals surface area (Å²) < 4.78 is 28.7. The molecule has 8 heteroatoms. The van der Waals surface area contributed by atoms with Crippen molar-refractivity contribution in [3.8, 4) is 0 Å². The number of nitrogens with zero attached hydrogens (tertiary/aromatic N) is 2. The predicted octanol–water partition coefficient (Wildman–Crippen LogP) is 4.44. The van der Waals surface area contributed by atoms with E-state index >= 15 is 0 Å². The Bertz CT molecular complexity index is 1030. The molecule has 2 fully saturated rings. The highest BCUT2D eigenvalue weighted by atomic mass is 32.2. The molecule has 166 valence electrons. The molecule has 31 heavy (non-hydrogen) atoms. The summed E-state index contributed by atoms with van der Waals surface area (Å²) in [5.74, 6) is -0.0870. The second kappa shape index (κ2) is 9.53. The minimum absolute atomic E-state index is 0.0870. The van der Waals surface area contributed by atoms with Crippen LogP contribution >= 0.6 is 11.8 Å². The lowest BCUT2D eigenvalue weighted by Gasteiger charge is -2.27. The number of piperidine rings is 1. The van der Waals surface area contributed by atoms with Crippen LogP contribution in [0.15, 0.2) is 52.3 Å². The van der Waals surface area contributed by atoms with Crippen LogP contribution in [0, 0.1) is 0 Å². The molecule has 2 aromatic rings. The number of sulfonamides is 1. The molecule has 6 nitrogen and oxygen atoms in total. The molecule has 1 N–H and O–H groups in total. The number of rotatable bonds is 6. The van der Waals surface area contributed by atoms with Gasteiger partial charge in [-0.3, -0.25) is 9.52 Å². The lowest BCUT2D eigenvalue weighted by atomic mass is 10.1. The van der Waals surface area contributed by atoms with E-state index in [1.807, 2.05) is 23.3 Å². The Hall–Kier alpha value is -2.19. The largest absolute Gasteiger partial charge is 0.372 e. The van der Waals surface area contributed by atoms with Crippen molar-refractivity contribution in [3.05, 3.63) is 48.0 Å². The average Bonchev–Trinajstić information content (AvgIpc) is 3.34. The molecule has 0 aliphatic carbocycles. The summed E-state index contributed by atoms with van der Waals surface area (Å²) in [6.45, 7) is 3.54. The van der Waals surface area contributed by atoms with Crippen molar-refractivity contribution < 1.29 is 13.2 Å². The number of nitrogens with one attached hydrogen (secondary N) is 1. The van der Waals surface area contributed by atoms with Gasteiger partial charge >= 0.3 is 0 Å². The quantitative estimate of drug-likeness (QED) is 0.647. The molecule has 0 saturated carbocycles. The van der Waals surface area contributed by atoms with Crippen molar-refractivity contribution in [2.24, 2.45) is 0 Å². The molecule has 0 unspecified atom stereocenters. The van der Waals surface area contributed by atoms with Gasteiger partial charge in [-0.25, -0.2) is 8.42 Å². The first-order valence-corrected chi connectivity index (χ1v) is 13.5. The van der Waals surface area contributed by atoms with Crippen LogP contribution in [-0.4, -0.2) is 51.7 Å². The number of thioether (sulfide) groups is 1. The van der Waals surface area contributed by atoms with Crippen LogP contribution in [0.3, 0.4) is 0 Å². The van der Waals surface area contributed by atoms with E-state index in [0.29, 0.717) is 11.3 Å². The highest BCUT2D eigenvalue weighted by molar-refractivity contribution is 7.98. The number of likely N-dealkylation sites (tertiary alicyclic amines) is 1. The Labute approximate surface area is 189 Å².